The van der Waals surface area contributed by atoms with Gasteiger partial charge in [0.15, 0.2) is 5.69 Å². The quantitative estimate of drug-likeness (QED) is 0.283. The molecule has 1 aromatic heterocycles. The summed E-state index contributed by atoms with van der Waals surface area (Å²) in [6, 6.07) is 24.3. The van der Waals surface area contributed by atoms with Gasteiger partial charge in [-0.15, -0.1) is 0 Å². The van der Waals surface area contributed by atoms with E-state index in [2.05, 4.69) is 53.2 Å². The van der Waals surface area contributed by atoms with Gasteiger partial charge in [-0.05, 0) is 68.1 Å². The number of anilines is 1. The Kier molecular flexibility index (Phi) is 8.99. The van der Waals surface area contributed by atoms with Gasteiger partial charge < -0.3 is 25.2 Å². The lowest BCUT2D eigenvalue weighted by Gasteiger charge is -2.54. The maximum absolute atomic E-state index is 14.2. The first kappa shape index (κ1) is 32.9. The molecule has 0 bridgehead atoms. The number of amides is 1. The molecule has 256 valence electrons. The molecule has 4 heterocycles. The number of carbonyl (C=O) groups excluding carboxylic acids is 1. The third-order valence-electron chi connectivity index (χ3n) is 10.6. The Hall–Kier alpha value is -4.58. The summed E-state index contributed by atoms with van der Waals surface area (Å²) in [4.78, 5) is 35.9. The second kappa shape index (κ2) is 13.4. The average molecular weight is 668 g/mol. The van der Waals surface area contributed by atoms with Crippen molar-refractivity contribution in [3.8, 4) is 11.6 Å². The first-order valence-corrected chi connectivity index (χ1v) is 16.9. The van der Waals surface area contributed by atoms with Crippen molar-refractivity contribution in [2.24, 2.45) is 5.92 Å². The van der Waals surface area contributed by atoms with E-state index in [0.717, 1.165) is 25.1 Å². The first-order chi connectivity index (χ1) is 23.6. The number of halogens is 1. The fourth-order valence-electron chi connectivity index (χ4n) is 7.52. The van der Waals surface area contributed by atoms with Crippen molar-refractivity contribution in [3.05, 3.63) is 118 Å². The molecular weight excluding hydrogens is 625 g/mol. The second-order valence-corrected chi connectivity index (χ2v) is 13.8. The largest absolute Gasteiger partial charge is 0.437 e. The van der Waals surface area contributed by atoms with Crippen molar-refractivity contribution in [2.45, 2.75) is 49.8 Å². The number of hydrogen-bond acceptors (Lipinski definition) is 8. The summed E-state index contributed by atoms with van der Waals surface area (Å²) in [5.41, 5.74) is 7.51. The number of carbonyl (C=O) groups is 1. The summed E-state index contributed by atoms with van der Waals surface area (Å²) < 4.78 is 25.9. The Morgan fingerprint density at radius 2 is 1.71 bits per heavy atom. The highest BCUT2D eigenvalue weighted by atomic mass is 19.1. The lowest BCUT2D eigenvalue weighted by Crippen LogP contribution is -2.63. The van der Waals surface area contributed by atoms with Crippen LogP contribution in [-0.4, -0.2) is 75.4 Å². The van der Waals surface area contributed by atoms with Crippen molar-refractivity contribution in [1.29, 1.82) is 0 Å². The number of nitrogens with two attached hydrogens (primary N) is 1. The molecule has 49 heavy (non-hydrogen) atoms. The minimum absolute atomic E-state index is 0.00875. The molecule has 3 aliphatic heterocycles. The van der Waals surface area contributed by atoms with E-state index in [4.69, 9.17) is 15.2 Å². The van der Waals surface area contributed by atoms with Crippen LogP contribution in [0.2, 0.25) is 0 Å². The number of piperidine rings is 2. The van der Waals surface area contributed by atoms with Crippen LogP contribution in [0.3, 0.4) is 0 Å². The van der Waals surface area contributed by atoms with Gasteiger partial charge in [0.25, 0.3) is 5.56 Å². The van der Waals surface area contributed by atoms with Crippen molar-refractivity contribution < 1.29 is 23.8 Å². The molecule has 2 atom stereocenters. The van der Waals surface area contributed by atoms with E-state index in [9.17, 15) is 19.1 Å². The summed E-state index contributed by atoms with van der Waals surface area (Å²) in [6.07, 6.45) is 2.63. The van der Waals surface area contributed by atoms with Gasteiger partial charge in [0.2, 0.25) is 11.8 Å². The van der Waals surface area contributed by atoms with Gasteiger partial charge in [-0.1, -0.05) is 60.2 Å². The molecule has 0 spiro atoms. The fraction of sp³-hybridized carbons (Fsp3) is 0.395. The fourth-order valence-corrected chi connectivity index (χ4v) is 7.52. The topological polar surface area (TPSA) is 123 Å². The number of aromatic nitrogens is 2. The van der Waals surface area contributed by atoms with Crippen LogP contribution in [-0.2, 0) is 21.6 Å². The lowest BCUT2D eigenvalue weighted by molar-refractivity contribution is -0.163. The van der Waals surface area contributed by atoms with Crippen LogP contribution in [0.4, 0.5) is 10.1 Å². The number of aliphatic hydroxyl groups is 1. The summed E-state index contributed by atoms with van der Waals surface area (Å²) >= 11 is 0. The molecule has 0 saturated carbocycles. The van der Waals surface area contributed by atoms with E-state index in [1.165, 1.54) is 46.3 Å². The van der Waals surface area contributed by atoms with Crippen molar-refractivity contribution in [1.82, 2.24) is 19.4 Å². The highest BCUT2D eigenvalue weighted by Gasteiger charge is 2.50. The van der Waals surface area contributed by atoms with Crippen LogP contribution in [0, 0.1) is 18.7 Å². The summed E-state index contributed by atoms with van der Waals surface area (Å²) in [7, 11) is 0. The minimum atomic E-state index is -1.22. The Balaban J connectivity index is 1.03. The SMILES string of the molecule is Cc1ccc(C2(N3CC[C@@H](C(=O)N4CCC(O)(Cn5cnc(Oc6ccc(F)cc6)c(N)c5=O)CC4)[C@H](c4ccccc4)C3)COC2)cc1. The molecule has 1 amide bonds. The molecule has 3 aromatic carbocycles. The average Bonchev–Trinajstić information content (AvgIpc) is 3.10. The maximum atomic E-state index is 14.2. The number of ether oxygens (including phenoxy) is 2. The van der Waals surface area contributed by atoms with E-state index < -0.39 is 17.0 Å². The predicted octanol–water partition coefficient (Wildman–Crippen LogP) is 4.45. The van der Waals surface area contributed by atoms with E-state index in [-0.39, 0.29) is 47.1 Å². The van der Waals surface area contributed by atoms with Crippen LogP contribution < -0.4 is 16.0 Å². The van der Waals surface area contributed by atoms with Crippen LogP contribution in [0.25, 0.3) is 0 Å². The number of hydrogen-bond donors (Lipinski definition) is 2. The minimum Gasteiger partial charge on any atom is -0.437 e. The Morgan fingerprint density at radius 3 is 2.37 bits per heavy atom. The molecule has 0 aliphatic carbocycles. The molecule has 3 saturated heterocycles. The number of benzene rings is 3. The van der Waals surface area contributed by atoms with Crippen molar-refractivity contribution in [3.63, 3.8) is 0 Å². The molecule has 4 aromatic rings. The van der Waals surface area contributed by atoms with Gasteiger partial charge >= 0.3 is 0 Å². The lowest BCUT2D eigenvalue weighted by atomic mass is 9.76. The zero-order chi connectivity index (χ0) is 34.2. The van der Waals surface area contributed by atoms with Crippen molar-refractivity contribution >= 4 is 11.6 Å². The molecule has 7 rings (SSSR count). The number of aryl methyl sites for hydroxylation is 1. The third-order valence-corrected chi connectivity index (χ3v) is 10.6. The highest BCUT2D eigenvalue weighted by molar-refractivity contribution is 5.80. The number of nitrogen functional groups attached to an aromatic ring is 1. The van der Waals surface area contributed by atoms with Crippen LogP contribution >= 0.6 is 0 Å². The maximum Gasteiger partial charge on any atom is 0.280 e. The van der Waals surface area contributed by atoms with Gasteiger partial charge in [0, 0.05) is 31.5 Å². The summed E-state index contributed by atoms with van der Waals surface area (Å²) in [5, 5.41) is 11.5. The number of rotatable bonds is 8. The Bertz CT molecular complexity index is 1840. The van der Waals surface area contributed by atoms with E-state index in [0.29, 0.717) is 39.1 Å². The number of likely N-dealkylation sites (tertiary alicyclic amines) is 2. The van der Waals surface area contributed by atoms with Gasteiger partial charge in [-0.3, -0.25) is 19.1 Å². The van der Waals surface area contributed by atoms with Gasteiger partial charge in [-0.2, -0.15) is 0 Å². The highest BCUT2D eigenvalue weighted by Crippen LogP contribution is 2.43. The Morgan fingerprint density at radius 1 is 1.02 bits per heavy atom. The zero-order valence-electron chi connectivity index (χ0n) is 27.6. The van der Waals surface area contributed by atoms with Gasteiger partial charge in [0.05, 0.1) is 30.9 Å². The smallest absolute Gasteiger partial charge is 0.280 e. The molecule has 3 fully saturated rings. The van der Waals surface area contributed by atoms with E-state index >= 15 is 0 Å². The van der Waals surface area contributed by atoms with Gasteiger partial charge in [-0.25, -0.2) is 9.37 Å². The molecule has 0 unspecified atom stereocenters. The molecule has 10 nitrogen and oxygen atoms in total. The number of nitrogens with zero attached hydrogens (tertiary/aromatic N) is 4. The van der Waals surface area contributed by atoms with Crippen molar-refractivity contribution in [2.75, 3.05) is 45.1 Å². The Labute approximate surface area is 284 Å². The monoisotopic (exact) mass is 667 g/mol. The second-order valence-electron chi connectivity index (χ2n) is 13.8. The van der Waals surface area contributed by atoms with Crippen LogP contribution in [0.5, 0.6) is 11.6 Å². The van der Waals surface area contributed by atoms with E-state index in [1.807, 2.05) is 23.1 Å². The van der Waals surface area contributed by atoms with Gasteiger partial charge in [0.1, 0.15) is 17.9 Å². The molecule has 0 radical (unpaired) electrons. The standard InChI is InChI=1S/C38H42FN5O5/c1-26-7-9-28(10-8-26)38(23-48-24-38)44-18-15-31(32(21-44)27-5-3-2-4-6-27)35(45)42-19-16-37(47,17-20-42)22-43-25-41-34(33(40)36(43)46)49-30-13-11-29(39)12-14-30/h2-14,25,31-32,47H,15-24,40H2,1H3/t31-,32+/m1/s1. The van der Waals surface area contributed by atoms with E-state index in [1.54, 1.807) is 0 Å². The molecule has 3 aliphatic rings. The predicted molar refractivity (Wildman–Crippen MR) is 183 cm³/mol. The molecule has 3 N–H and O–H groups in total. The normalized spacial score (nSPS) is 21.9. The summed E-state index contributed by atoms with van der Waals surface area (Å²) in [5.74, 6) is -0.298. The van der Waals surface area contributed by atoms with Crippen LogP contribution in [0.15, 0.2) is 90.0 Å². The third kappa shape index (κ3) is 6.58. The van der Waals surface area contributed by atoms with Crippen LogP contribution in [0.1, 0.15) is 41.9 Å². The molecular formula is C38H42FN5O5. The first-order valence-electron chi connectivity index (χ1n) is 16.9. The molecule has 11 heteroatoms. The zero-order valence-corrected chi connectivity index (χ0v) is 27.6. The summed E-state index contributed by atoms with van der Waals surface area (Å²) in [6.45, 7) is 5.63.